The molecule has 0 saturated carbocycles. The highest BCUT2D eigenvalue weighted by molar-refractivity contribution is 7.78. The third-order valence-corrected chi connectivity index (χ3v) is 6.42. The number of piperidine rings is 3. The minimum Gasteiger partial charge on any atom is -0.497 e. The summed E-state index contributed by atoms with van der Waals surface area (Å²) in [6.45, 7) is 4.67. The molecule has 1 aromatic heterocycles. The molecule has 1 unspecified atom stereocenters. The highest BCUT2D eigenvalue weighted by Crippen LogP contribution is 2.44. The number of rotatable bonds is 5. The first-order valence-electron chi connectivity index (χ1n) is 9.48. The first-order chi connectivity index (χ1) is 12.7. The van der Waals surface area contributed by atoms with Gasteiger partial charge >= 0.3 is 0 Å². The van der Waals surface area contributed by atoms with Gasteiger partial charge in [0.15, 0.2) is 0 Å². The highest BCUT2D eigenvalue weighted by Gasteiger charge is 2.43. The van der Waals surface area contributed by atoms with Crippen molar-refractivity contribution in [2.45, 2.75) is 38.3 Å². The van der Waals surface area contributed by atoms with Crippen molar-refractivity contribution in [2.24, 2.45) is 16.8 Å². The van der Waals surface area contributed by atoms with Gasteiger partial charge in [0.1, 0.15) is 11.8 Å². The van der Waals surface area contributed by atoms with Crippen molar-refractivity contribution in [2.75, 3.05) is 20.2 Å². The fraction of sp³-hybridized carbons (Fsp3) is 0.524. The summed E-state index contributed by atoms with van der Waals surface area (Å²) in [7, 11) is 1.69. The SMILES string of the molecule is CC[C@H]1CN2CC[C@H]1C[C@H]2[C@@H](N=C=S)c1ccnc2ccc(OC)cc12. The summed E-state index contributed by atoms with van der Waals surface area (Å²) in [4.78, 5) is 11.8. The molecular formula is C21H25N3OS. The van der Waals surface area contributed by atoms with Gasteiger partial charge in [-0.3, -0.25) is 9.88 Å². The number of hydrogen-bond donors (Lipinski definition) is 0. The van der Waals surface area contributed by atoms with E-state index in [-0.39, 0.29) is 6.04 Å². The molecule has 5 rings (SSSR count). The number of ether oxygens (including phenoxy) is 1. The van der Waals surface area contributed by atoms with Crippen LogP contribution < -0.4 is 4.74 Å². The summed E-state index contributed by atoms with van der Waals surface area (Å²) < 4.78 is 5.44. The van der Waals surface area contributed by atoms with Gasteiger partial charge in [0.05, 0.1) is 17.8 Å². The number of fused-ring (bicyclic) bond motifs is 4. The Morgan fingerprint density at radius 2 is 2.31 bits per heavy atom. The van der Waals surface area contributed by atoms with Crippen molar-refractivity contribution in [3.8, 4) is 5.75 Å². The average molecular weight is 368 g/mol. The Labute approximate surface area is 160 Å². The summed E-state index contributed by atoms with van der Waals surface area (Å²) in [5.74, 6) is 2.47. The summed E-state index contributed by atoms with van der Waals surface area (Å²) >= 11 is 5.03. The van der Waals surface area contributed by atoms with Crippen LogP contribution in [0.1, 0.15) is 37.8 Å². The molecule has 26 heavy (non-hydrogen) atoms. The van der Waals surface area contributed by atoms with Crippen LogP contribution in [0.4, 0.5) is 0 Å². The van der Waals surface area contributed by atoms with Crippen molar-refractivity contribution in [1.29, 1.82) is 0 Å². The molecule has 0 aliphatic carbocycles. The standard InChI is InChI=1S/C21H25N3OS/c1-3-14-12-24-9-7-15(14)10-20(24)21(23-13-26)17-6-8-22-19-5-4-16(25-2)11-18(17)19/h4-6,8,11,14-15,20-21H,3,7,9-10,12H2,1-2H3/t14-,15-,20-,21-/m0/s1. The molecule has 4 nitrogen and oxygen atoms in total. The molecule has 2 aromatic rings. The van der Waals surface area contributed by atoms with Crippen LogP contribution in [0.2, 0.25) is 0 Å². The Hall–Kier alpha value is -1.81. The van der Waals surface area contributed by atoms with Crippen LogP contribution in [-0.2, 0) is 0 Å². The first-order valence-corrected chi connectivity index (χ1v) is 9.89. The molecule has 2 bridgehead atoms. The van der Waals surface area contributed by atoms with Crippen molar-refractivity contribution < 1.29 is 4.74 Å². The lowest BCUT2D eigenvalue weighted by Crippen LogP contribution is -2.54. The van der Waals surface area contributed by atoms with Crippen molar-refractivity contribution in [3.05, 3.63) is 36.0 Å². The lowest BCUT2D eigenvalue weighted by atomic mass is 9.72. The van der Waals surface area contributed by atoms with Crippen LogP contribution >= 0.6 is 12.2 Å². The fourth-order valence-corrected chi connectivity index (χ4v) is 5.04. The molecule has 0 amide bonds. The van der Waals surface area contributed by atoms with Gasteiger partial charge < -0.3 is 4.74 Å². The van der Waals surface area contributed by atoms with Gasteiger partial charge in [-0.1, -0.05) is 13.3 Å². The smallest absolute Gasteiger partial charge is 0.119 e. The van der Waals surface area contributed by atoms with E-state index in [0.29, 0.717) is 6.04 Å². The Morgan fingerprint density at radius 1 is 1.42 bits per heavy atom. The van der Waals surface area contributed by atoms with Crippen LogP contribution in [0.15, 0.2) is 35.5 Å². The van der Waals surface area contributed by atoms with Gasteiger partial charge in [0.25, 0.3) is 0 Å². The van der Waals surface area contributed by atoms with Crippen LogP contribution in [0.3, 0.4) is 0 Å². The maximum absolute atomic E-state index is 5.44. The molecule has 0 radical (unpaired) electrons. The fourth-order valence-electron chi connectivity index (χ4n) is 4.92. The van der Waals surface area contributed by atoms with E-state index in [9.17, 15) is 0 Å². The Balaban J connectivity index is 1.76. The maximum Gasteiger partial charge on any atom is 0.119 e. The number of pyridine rings is 1. The van der Waals surface area contributed by atoms with E-state index in [2.05, 4.69) is 39.1 Å². The van der Waals surface area contributed by atoms with Gasteiger partial charge in [-0.2, -0.15) is 0 Å². The molecule has 3 saturated heterocycles. The molecule has 136 valence electrons. The molecule has 4 heterocycles. The molecule has 5 heteroatoms. The van der Waals surface area contributed by atoms with Gasteiger partial charge in [0, 0.05) is 24.2 Å². The van der Waals surface area contributed by atoms with Crippen LogP contribution in [0.25, 0.3) is 10.9 Å². The zero-order chi connectivity index (χ0) is 18.1. The Morgan fingerprint density at radius 3 is 3.00 bits per heavy atom. The number of thiocarbonyl (C=S) groups is 1. The quantitative estimate of drug-likeness (QED) is 0.576. The van der Waals surface area contributed by atoms with E-state index in [0.717, 1.165) is 28.5 Å². The van der Waals surface area contributed by atoms with Crippen LogP contribution in [-0.4, -0.2) is 41.3 Å². The molecule has 3 aliphatic rings. The number of isothiocyanates is 1. The summed E-state index contributed by atoms with van der Waals surface area (Å²) in [5, 5.41) is 3.77. The van der Waals surface area contributed by atoms with Gasteiger partial charge in [-0.25, -0.2) is 4.99 Å². The van der Waals surface area contributed by atoms with Gasteiger partial charge in [0.2, 0.25) is 0 Å². The molecule has 0 spiro atoms. The van der Waals surface area contributed by atoms with Crippen molar-refractivity contribution >= 4 is 28.3 Å². The normalized spacial score (nSPS) is 28.5. The summed E-state index contributed by atoms with van der Waals surface area (Å²) in [6, 6.07) is 8.51. The predicted molar refractivity (Wildman–Crippen MR) is 108 cm³/mol. The molecule has 5 atom stereocenters. The topological polar surface area (TPSA) is 37.7 Å². The molecule has 3 aliphatic heterocycles. The summed E-state index contributed by atoms with van der Waals surface area (Å²) in [6.07, 6.45) is 5.65. The second-order valence-electron chi connectivity index (χ2n) is 7.46. The third-order valence-electron chi connectivity index (χ3n) is 6.32. The Bertz CT molecular complexity index is 848. The molecule has 1 aromatic carbocycles. The van der Waals surface area contributed by atoms with Crippen molar-refractivity contribution in [1.82, 2.24) is 9.88 Å². The minimum absolute atomic E-state index is 0.00529. The molecule has 3 fully saturated rings. The highest BCUT2D eigenvalue weighted by atomic mass is 32.1. The number of hydrogen-bond acceptors (Lipinski definition) is 5. The van der Waals surface area contributed by atoms with E-state index < -0.39 is 0 Å². The third kappa shape index (κ3) is 3.05. The van der Waals surface area contributed by atoms with Gasteiger partial charge in [-0.05, 0) is 73.3 Å². The maximum atomic E-state index is 5.44. The number of methoxy groups -OCH3 is 1. The largest absolute Gasteiger partial charge is 0.497 e. The Kier molecular flexibility index (Phi) is 5.03. The van der Waals surface area contributed by atoms with Crippen molar-refractivity contribution in [3.63, 3.8) is 0 Å². The summed E-state index contributed by atoms with van der Waals surface area (Å²) in [5.41, 5.74) is 2.15. The predicted octanol–water partition coefficient (Wildman–Crippen LogP) is 4.51. The average Bonchev–Trinajstić information content (AvgIpc) is 2.71. The zero-order valence-corrected chi connectivity index (χ0v) is 16.2. The van der Waals surface area contributed by atoms with Crippen LogP contribution in [0.5, 0.6) is 5.75 Å². The number of nitrogens with zero attached hydrogens (tertiary/aromatic N) is 3. The lowest BCUT2D eigenvalue weighted by molar-refractivity contribution is -0.0101. The minimum atomic E-state index is 0.00529. The molecular weight excluding hydrogens is 342 g/mol. The second-order valence-corrected chi connectivity index (χ2v) is 7.65. The zero-order valence-electron chi connectivity index (χ0n) is 15.4. The van der Waals surface area contributed by atoms with E-state index >= 15 is 0 Å². The van der Waals surface area contributed by atoms with E-state index in [1.165, 1.54) is 37.9 Å². The van der Waals surface area contributed by atoms with E-state index in [4.69, 9.17) is 17.0 Å². The number of aliphatic imine (C=N–C) groups is 1. The lowest BCUT2D eigenvalue weighted by Gasteiger charge is -2.51. The molecule has 0 N–H and O–H groups in total. The van der Waals surface area contributed by atoms with Crippen LogP contribution in [0, 0.1) is 11.8 Å². The van der Waals surface area contributed by atoms with E-state index in [1.807, 2.05) is 18.3 Å². The second kappa shape index (κ2) is 7.43. The monoisotopic (exact) mass is 367 g/mol. The van der Waals surface area contributed by atoms with E-state index in [1.54, 1.807) is 7.11 Å². The first kappa shape index (κ1) is 17.6. The number of benzene rings is 1. The number of aromatic nitrogens is 1. The van der Waals surface area contributed by atoms with Gasteiger partial charge in [-0.15, -0.1) is 0 Å².